The Balaban J connectivity index is 1.69. The molecule has 3 rings (SSSR count). The zero-order chi connectivity index (χ0) is 22.9. The molecule has 0 radical (unpaired) electrons. The first kappa shape index (κ1) is 23.2. The molecule has 0 spiro atoms. The van der Waals surface area contributed by atoms with Crippen molar-refractivity contribution < 1.29 is 23.9 Å². The summed E-state index contributed by atoms with van der Waals surface area (Å²) in [5.41, 5.74) is 1.60. The molecule has 0 aromatic heterocycles. The molecule has 0 aliphatic rings. The number of carbonyl (C=O) groups excluding carboxylic acids is 3. The van der Waals surface area contributed by atoms with E-state index in [1.807, 2.05) is 6.07 Å². The average Bonchev–Trinajstić information content (AvgIpc) is 2.83. The number of carbonyl (C=O) groups is 3. The molecule has 0 aliphatic heterocycles. The van der Waals surface area contributed by atoms with Gasteiger partial charge in [-0.1, -0.05) is 58.4 Å². The Morgan fingerprint density at radius 1 is 0.906 bits per heavy atom. The lowest BCUT2D eigenvalue weighted by molar-refractivity contribution is -0.143. The summed E-state index contributed by atoms with van der Waals surface area (Å²) in [5.74, 6) is -0.633. The minimum absolute atomic E-state index is 0.140. The van der Waals surface area contributed by atoms with Crippen LogP contribution in [0, 0.1) is 0 Å². The van der Waals surface area contributed by atoms with Crippen molar-refractivity contribution in [2.75, 3.05) is 13.7 Å². The predicted octanol–water partition coefficient (Wildman–Crippen LogP) is 4.75. The van der Waals surface area contributed by atoms with Gasteiger partial charge in [-0.2, -0.15) is 0 Å². The molecule has 3 aromatic carbocycles. The van der Waals surface area contributed by atoms with E-state index < -0.39 is 12.0 Å². The van der Waals surface area contributed by atoms with Crippen LogP contribution in [0.25, 0.3) is 0 Å². The maximum Gasteiger partial charge on any atom is 0.308 e. The van der Waals surface area contributed by atoms with Crippen LogP contribution in [0.4, 0.5) is 0 Å². The van der Waals surface area contributed by atoms with Crippen LogP contribution in [0.15, 0.2) is 83.3 Å². The van der Waals surface area contributed by atoms with Gasteiger partial charge >= 0.3 is 5.97 Å². The van der Waals surface area contributed by atoms with Gasteiger partial charge in [-0.15, -0.1) is 0 Å². The lowest BCUT2D eigenvalue weighted by Crippen LogP contribution is -2.31. The molecule has 0 bridgehead atoms. The summed E-state index contributed by atoms with van der Waals surface area (Å²) in [5, 5.41) is 2.87. The van der Waals surface area contributed by atoms with E-state index in [1.54, 1.807) is 79.9 Å². The van der Waals surface area contributed by atoms with Crippen molar-refractivity contribution in [3.8, 4) is 5.75 Å². The minimum Gasteiger partial charge on any atom is -0.497 e. The minimum atomic E-state index is -0.659. The SMILES string of the molecule is COc1cccc(C(CC(=O)OCC(=O)c2ccc(Br)cc2)NC(=O)c2ccccc2)c1. The zero-order valence-corrected chi connectivity index (χ0v) is 19.0. The molecule has 7 heteroatoms. The Labute approximate surface area is 194 Å². The van der Waals surface area contributed by atoms with Crippen LogP contribution in [0.5, 0.6) is 5.75 Å². The number of halogens is 1. The lowest BCUT2D eigenvalue weighted by Gasteiger charge is -2.19. The van der Waals surface area contributed by atoms with Gasteiger partial charge in [0.1, 0.15) is 5.75 Å². The molecule has 1 unspecified atom stereocenters. The van der Waals surface area contributed by atoms with Gasteiger partial charge in [0.25, 0.3) is 5.91 Å². The third-order valence-electron chi connectivity index (χ3n) is 4.74. The van der Waals surface area contributed by atoms with Gasteiger partial charge in [-0.25, -0.2) is 0 Å². The average molecular weight is 496 g/mol. The van der Waals surface area contributed by atoms with Crippen LogP contribution < -0.4 is 10.1 Å². The number of nitrogens with one attached hydrogen (secondary N) is 1. The van der Waals surface area contributed by atoms with E-state index in [4.69, 9.17) is 9.47 Å². The van der Waals surface area contributed by atoms with Gasteiger partial charge in [-0.05, 0) is 42.0 Å². The van der Waals surface area contributed by atoms with E-state index in [2.05, 4.69) is 21.2 Å². The number of methoxy groups -OCH3 is 1. The summed E-state index contributed by atoms with van der Waals surface area (Å²) in [4.78, 5) is 37.5. The van der Waals surface area contributed by atoms with Gasteiger partial charge in [0.05, 0.1) is 19.6 Å². The normalized spacial score (nSPS) is 11.3. The molecule has 0 fully saturated rings. The van der Waals surface area contributed by atoms with Gasteiger partial charge < -0.3 is 14.8 Å². The van der Waals surface area contributed by atoms with Crippen LogP contribution in [0.1, 0.15) is 38.7 Å². The lowest BCUT2D eigenvalue weighted by atomic mass is 10.0. The molecule has 0 saturated heterocycles. The first-order valence-corrected chi connectivity index (χ1v) is 10.7. The second-order valence-corrected chi connectivity index (χ2v) is 7.88. The summed E-state index contributed by atoms with van der Waals surface area (Å²) in [7, 11) is 1.54. The van der Waals surface area contributed by atoms with E-state index in [9.17, 15) is 14.4 Å². The second-order valence-electron chi connectivity index (χ2n) is 6.96. The van der Waals surface area contributed by atoms with Crippen LogP contribution >= 0.6 is 15.9 Å². The highest BCUT2D eigenvalue weighted by molar-refractivity contribution is 9.10. The molecular formula is C25H22BrNO5. The highest BCUT2D eigenvalue weighted by atomic mass is 79.9. The van der Waals surface area contributed by atoms with E-state index in [1.165, 1.54) is 0 Å². The molecule has 164 valence electrons. The van der Waals surface area contributed by atoms with Crippen LogP contribution in [-0.4, -0.2) is 31.4 Å². The highest BCUT2D eigenvalue weighted by Gasteiger charge is 2.21. The molecule has 3 aromatic rings. The molecule has 1 N–H and O–H groups in total. The summed E-state index contributed by atoms with van der Waals surface area (Å²) >= 11 is 3.31. The van der Waals surface area contributed by atoms with Crippen molar-refractivity contribution in [1.29, 1.82) is 0 Å². The fourth-order valence-electron chi connectivity index (χ4n) is 3.03. The predicted molar refractivity (Wildman–Crippen MR) is 124 cm³/mol. The molecule has 0 aliphatic carbocycles. The van der Waals surface area contributed by atoms with Gasteiger partial charge in [-0.3, -0.25) is 14.4 Å². The Hall–Kier alpha value is -3.45. The summed E-state index contributed by atoms with van der Waals surface area (Å²) in [6.07, 6.45) is -0.140. The molecule has 32 heavy (non-hydrogen) atoms. The molecule has 0 heterocycles. The quantitative estimate of drug-likeness (QED) is 0.342. The standard InChI is InChI=1S/C25H22BrNO5/c1-31-21-9-5-8-19(14-21)22(27-25(30)18-6-3-2-4-7-18)15-24(29)32-16-23(28)17-10-12-20(26)13-11-17/h2-14,22H,15-16H2,1H3,(H,27,30). The Morgan fingerprint density at radius 2 is 1.62 bits per heavy atom. The smallest absolute Gasteiger partial charge is 0.308 e. The van der Waals surface area contributed by atoms with Crippen molar-refractivity contribution in [2.45, 2.75) is 12.5 Å². The monoisotopic (exact) mass is 495 g/mol. The largest absolute Gasteiger partial charge is 0.497 e. The molecule has 0 saturated carbocycles. The Morgan fingerprint density at radius 3 is 2.31 bits per heavy atom. The number of ketones is 1. The molecule has 6 nitrogen and oxygen atoms in total. The van der Waals surface area contributed by atoms with Crippen LogP contribution in [0.2, 0.25) is 0 Å². The molecule has 1 atom stereocenters. The molecular weight excluding hydrogens is 474 g/mol. The Bertz CT molecular complexity index is 1080. The van der Waals surface area contributed by atoms with Crippen LogP contribution in [0.3, 0.4) is 0 Å². The number of hydrogen-bond acceptors (Lipinski definition) is 5. The van der Waals surface area contributed by atoms with Crippen molar-refractivity contribution >= 4 is 33.6 Å². The van der Waals surface area contributed by atoms with Crippen molar-refractivity contribution in [3.05, 3.63) is 100 Å². The number of Topliss-reactive ketones (excluding diaryl/α,β-unsaturated/α-hetero) is 1. The first-order chi connectivity index (χ1) is 15.5. The number of esters is 1. The van der Waals surface area contributed by atoms with Gasteiger partial charge in [0.15, 0.2) is 12.4 Å². The number of hydrogen-bond donors (Lipinski definition) is 1. The fourth-order valence-corrected chi connectivity index (χ4v) is 3.30. The van der Waals surface area contributed by atoms with Gasteiger partial charge in [0.2, 0.25) is 0 Å². The Kier molecular flexibility index (Phi) is 8.16. The van der Waals surface area contributed by atoms with Gasteiger partial charge in [0, 0.05) is 15.6 Å². The number of rotatable bonds is 9. The fraction of sp³-hybridized carbons (Fsp3) is 0.160. The maximum atomic E-state index is 12.7. The van der Waals surface area contributed by atoms with Crippen LogP contribution in [-0.2, 0) is 9.53 Å². The van der Waals surface area contributed by atoms with Crippen molar-refractivity contribution in [3.63, 3.8) is 0 Å². The third-order valence-corrected chi connectivity index (χ3v) is 5.27. The van der Waals surface area contributed by atoms with E-state index in [0.717, 1.165) is 4.47 Å². The zero-order valence-electron chi connectivity index (χ0n) is 17.4. The maximum absolute atomic E-state index is 12.7. The molecule has 1 amide bonds. The summed E-state index contributed by atoms with van der Waals surface area (Å²) in [6, 6.07) is 21.9. The number of amides is 1. The topological polar surface area (TPSA) is 81.7 Å². The first-order valence-electron chi connectivity index (χ1n) is 9.90. The number of benzene rings is 3. The highest BCUT2D eigenvalue weighted by Crippen LogP contribution is 2.23. The van der Waals surface area contributed by atoms with E-state index in [-0.39, 0.29) is 24.7 Å². The second kappa shape index (κ2) is 11.2. The van der Waals surface area contributed by atoms with E-state index >= 15 is 0 Å². The summed E-state index contributed by atoms with van der Waals surface area (Å²) < 4.78 is 11.3. The summed E-state index contributed by atoms with van der Waals surface area (Å²) in [6.45, 7) is -0.377. The van der Waals surface area contributed by atoms with E-state index in [0.29, 0.717) is 22.4 Å². The third kappa shape index (κ3) is 6.52. The van der Waals surface area contributed by atoms with Crippen molar-refractivity contribution in [1.82, 2.24) is 5.32 Å². The van der Waals surface area contributed by atoms with Crippen molar-refractivity contribution in [2.24, 2.45) is 0 Å². The number of ether oxygens (including phenoxy) is 2.